The van der Waals surface area contributed by atoms with Gasteiger partial charge in [-0.3, -0.25) is 0 Å². The lowest BCUT2D eigenvalue weighted by atomic mass is 10.3. The van der Waals surface area contributed by atoms with Gasteiger partial charge in [-0.25, -0.2) is 0 Å². The third kappa shape index (κ3) is 3.40. The highest BCUT2D eigenvalue weighted by Crippen LogP contribution is 2.20. The molecule has 0 saturated carbocycles. The number of rotatable bonds is 3. The maximum absolute atomic E-state index is 9.07. The first-order chi connectivity index (χ1) is 6.09. The Morgan fingerprint density at radius 1 is 1.62 bits per heavy atom. The van der Waals surface area contributed by atoms with Crippen molar-refractivity contribution in [2.45, 2.75) is 13.0 Å². The molecule has 0 saturated heterocycles. The minimum absolute atomic E-state index is 0.339. The van der Waals surface area contributed by atoms with Crippen molar-refractivity contribution in [1.29, 1.82) is 0 Å². The maximum Gasteiger partial charge on any atom is 0.0684 e. The number of aliphatic hydroxyl groups excluding tert-OH is 1. The molecule has 1 atom stereocenters. The third-order valence-corrected chi connectivity index (χ3v) is 2.47. The second kappa shape index (κ2) is 4.66. The Morgan fingerprint density at radius 2 is 2.31 bits per heavy atom. The van der Waals surface area contributed by atoms with Crippen LogP contribution in [0.5, 0.6) is 0 Å². The minimum Gasteiger partial charge on any atom is -0.399 e. The highest BCUT2D eigenvalue weighted by atomic mass is 127. The number of nitrogens with two attached hydrogens (primary N) is 1. The topological polar surface area (TPSA) is 58.3 Å². The standard InChI is InChI=1S/C9H13IN2O/c1-6(13)5-12-9-3-2-7(11)4-8(9)10/h2-4,6,12-13H,5,11H2,1H3. The minimum atomic E-state index is -0.339. The molecule has 0 heterocycles. The predicted octanol–water partition coefficient (Wildman–Crippen LogP) is 1.67. The van der Waals surface area contributed by atoms with Crippen LogP contribution >= 0.6 is 22.6 Å². The highest BCUT2D eigenvalue weighted by molar-refractivity contribution is 14.1. The molecule has 3 nitrogen and oxygen atoms in total. The van der Waals surface area contributed by atoms with E-state index in [4.69, 9.17) is 10.8 Å². The fourth-order valence-corrected chi connectivity index (χ4v) is 1.66. The van der Waals surface area contributed by atoms with Gasteiger partial charge in [0.1, 0.15) is 0 Å². The van der Waals surface area contributed by atoms with Gasteiger partial charge < -0.3 is 16.2 Å². The van der Waals surface area contributed by atoms with Crippen LogP contribution in [0.1, 0.15) is 6.92 Å². The van der Waals surface area contributed by atoms with Crippen LogP contribution in [0.2, 0.25) is 0 Å². The van der Waals surface area contributed by atoms with Gasteiger partial charge in [0.25, 0.3) is 0 Å². The Balaban J connectivity index is 2.67. The summed E-state index contributed by atoms with van der Waals surface area (Å²) in [5, 5.41) is 12.2. The zero-order valence-corrected chi connectivity index (χ0v) is 9.58. The van der Waals surface area contributed by atoms with Crippen molar-refractivity contribution < 1.29 is 5.11 Å². The summed E-state index contributed by atoms with van der Waals surface area (Å²) in [6.45, 7) is 2.30. The van der Waals surface area contributed by atoms with E-state index in [-0.39, 0.29) is 6.10 Å². The van der Waals surface area contributed by atoms with Crippen molar-refractivity contribution >= 4 is 34.0 Å². The van der Waals surface area contributed by atoms with Crippen molar-refractivity contribution in [3.8, 4) is 0 Å². The molecule has 1 unspecified atom stereocenters. The van der Waals surface area contributed by atoms with Crippen LogP contribution in [-0.2, 0) is 0 Å². The average molecular weight is 292 g/mol. The van der Waals surface area contributed by atoms with Gasteiger partial charge in [-0.15, -0.1) is 0 Å². The highest BCUT2D eigenvalue weighted by Gasteiger charge is 2.00. The fraction of sp³-hybridized carbons (Fsp3) is 0.333. The lowest BCUT2D eigenvalue weighted by molar-refractivity contribution is 0.208. The Kier molecular flexibility index (Phi) is 3.80. The van der Waals surface area contributed by atoms with E-state index in [1.807, 2.05) is 18.2 Å². The number of nitrogen functional groups attached to an aromatic ring is 1. The van der Waals surface area contributed by atoms with Gasteiger partial charge >= 0.3 is 0 Å². The van der Waals surface area contributed by atoms with Gasteiger partial charge in [-0.2, -0.15) is 0 Å². The van der Waals surface area contributed by atoms with Crippen LogP contribution in [0.4, 0.5) is 11.4 Å². The molecule has 4 heteroatoms. The summed E-state index contributed by atoms with van der Waals surface area (Å²) in [5.41, 5.74) is 7.37. The Morgan fingerprint density at radius 3 is 2.85 bits per heavy atom. The van der Waals surface area contributed by atoms with Crippen LogP contribution in [-0.4, -0.2) is 17.8 Å². The van der Waals surface area contributed by atoms with Crippen molar-refractivity contribution in [1.82, 2.24) is 0 Å². The quantitative estimate of drug-likeness (QED) is 0.586. The molecule has 0 aliphatic carbocycles. The number of halogens is 1. The molecule has 0 aromatic heterocycles. The molecule has 1 rings (SSSR count). The summed E-state index contributed by atoms with van der Waals surface area (Å²) in [7, 11) is 0. The first kappa shape index (κ1) is 10.6. The molecular weight excluding hydrogens is 279 g/mol. The monoisotopic (exact) mass is 292 g/mol. The summed E-state index contributed by atoms with van der Waals surface area (Å²) in [5.74, 6) is 0. The predicted molar refractivity (Wildman–Crippen MR) is 63.7 cm³/mol. The molecule has 0 aliphatic rings. The summed E-state index contributed by atoms with van der Waals surface area (Å²) < 4.78 is 1.07. The van der Waals surface area contributed by atoms with E-state index in [0.29, 0.717) is 6.54 Å². The van der Waals surface area contributed by atoms with E-state index in [1.54, 1.807) is 6.92 Å². The Labute approximate surface area is 91.5 Å². The molecular formula is C9H13IN2O. The number of hydrogen-bond donors (Lipinski definition) is 3. The average Bonchev–Trinajstić information content (AvgIpc) is 2.02. The fourth-order valence-electron chi connectivity index (χ4n) is 0.932. The maximum atomic E-state index is 9.07. The molecule has 1 aromatic rings. The van der Waals surface area contributed by atoms with Gasteiger partial charge in [-0.05, 0) is 47.7 Å². The smallest absolute Gasteiger partial charge is 0.0684 e. The van der Waals surface area contributed by atoms with E-state index < -0.39 is 0 Å². The van der Waals surface area contributed by atoms with Crippen molar-refractivity contribution in [2.75, 3.05) is 17.6 Å². The molecule has 0 aliphatic heterocycles. The van der Waals surface area contributed by atoms with Gasteiger partial charge in [0.05, 0.1) is 6.10 Å². The molecule has 0 radical (unpaired) electrons. The van der Waals surface area contributed by atoms with Gasteiger partial charge in [0, 0.05) is 21.5 Å². The molecule has 4 N–H and O–H groups in total. The zero-order valence-electron chi connectivity index (χ0n) is 7.42. The molecule has 0 amide bonds. The number of hydrogen-bond acceptors (Lipinski definition) is 3. The number of benzene rings is 1. The lowest BCUT2D eigenvalue weighted by Crippen LogP contribution is -2.15. The molecule has 0 spiro atoms. The Bertz CT molecular complexity index is 289. The van der Waals surface area contributed by atoms with Gasteiger partial charge in [-0.1, -0.05) is 0 Å². The Hall–Kier alpha value is -0.490. The van der Waals surface area contributed by atoms with E-state index in [0.717, 1.165) is 14.9 Å². The number of nitrogens with one attached hydrogen (secondary N) is 1. The SMILES string of the molecule is CC(O)CNc1ccc(N)cc1I. The molecule has 13 heavy (non-hydrogen) atoms. The molecule has 1 aromatic carbocycles. The van der Waals surface area contributed by atoms with E-state index in [9.17, 15) is 0 Å². The molecule has 72 valence electrons. The van der Waals surface area contributed by atoms with E-state index >= 15 is 0 Å². The van der Waals surface area contributed by atoms with Gasteiger partial charge in [0.15, 0.2) is 0 Å². The summed E-state index contributed by atoms with van der Waals surface area (Å²) in [6, 6.07) is 5.65. The number of anilines is 2. The van der Waals surface area contributed by atoms with E-state index in [1.165, 1.54) is 0 Å². The molecule has 0 bridgehead atoms. The second-order valence-electron chi connectivity index (χ2n) is 2.97. The summed E-state index contributed by atoms with van der Waals surface area (Å²) in [6.07, 6.45) is -0.339. The summed E-state index contributed by atoms with van der Waals surface area (Å²) >= 11 is 2.21. The second-order valence-corrected chi connectivity index (χ2v) is 4.13. The normalized spacial score (nSPS) is 12.5. The van der Waals surface area contributed by atoms with Crippen molar-refractivity contribution in [3.63, 3.8) is 0 Å². The largest absolute Gasteiger partial charge is 0.399 e. The van der Waals surface area contributed by atoms with Gasteiger partial charge in [0.2, 0.25) is 0 Å². The van der Waals surface area contributed by atoms with Crippen LogP contribution in [0.3, 0.4) is 0 Å². The zero-order chi connectivity index (χ0) is 9.84. The van der Waals surface area contributed by atoms with Crippen molar-refractivity contribution in [3.05, 3.63) is 21.8 Å². The number of aliphatic hydroxyl groups is 1. The lowest BCUT2D eigenvalue weighted by Gasteiger charge is -2.10. The van der Waals surface area contributed by atoms with Crippen molar-refractivity contribution in [2.24, 2.45) is 0 Å². The van der Waals surface area contributed by atoms with Crippen LogP contribution in [0.15, 0.2) is 18.2 Å². The van der Waals surface area contributed by atoms with E-state index in [2.05, 4.69) is 27.9 Å². The third-order valence-electron chi connectivity index (χ3n) is 1.58. The van der Waals surface area contributed by atoms with Crippen LogP contribution < -0.4 is 11.1 Å². The first-order valence-corrected chi connectivity index (χ1v) is 5.14. The van der Waals surface area contributed by atoms with Crippen LogP contribution in [0, 0.1) is 3.57 Å². The van der Waals surface area contributed by atoms with Crippen LogP contribution in [0.25, 0.3) is 0 Å². The summed E-state index contributed by atoms with van der Waals surface area (Å²) in [4.78, 5) is 0. The first-order valence-electron chi connectivity index (χ1n) is 4.06. The molecule has 0 fully saturated rings.